The fraction of sp³-hybridized carbons (Fsp3) is 0.438. The number of nitrogens with one attached hydrogen (secondary N) is 2. The Kier molecular flexibility index (Phi) is 4.64. The summed E-state index contributed by atoms with van der Waals surface area (Å²) < 4.78 is 17.7. The summed E-state index contributed by atoms with van der Waals surface area (Å²) in [5.41, 5.74) is 1.43. The van der Waals surface area contributed by atoms with E-state index in [0.29, 0.717) is 18.6 Å². The maximum absolute atomic E-state index is 13.3. The topological polar surface area (TPSA) is 87.3 Å². The Bertz CT molecular complexity index is 753. The fourth-order valence-electron chi connectivity index (χ4n) is 2.93. The number of imidazole rings is 1. The van der Waals surface area contributed by atoms with Crippen LogP contribution in [0.15, 0.2) is 18.2 Å². The molecule has 0 aliphatic carbocycles. The molecule has 0 spiro atoms. The van der Waals surface area contributed by atoms with Gasteiger partial charge in [0, 0.05) is 19.0 Å². The number of amides is 2. The molecule has 1 aliphatic rings. The van der Waals surface area contributed by atoms with E-state index in [2.05, 4.69) is 20.0 Å². The SMILES string of the molecule is COC(=O)NCC(=O)N1CCC(c2nc3ccc(F)cc3[nH]2)CC1. The minimum absolute atomic E-state index is 0.0682. The quantitative estimate of drug-likeness (QED) is 0.895. The molecular formula is C16H19FN4O3. The highest BCUT2D eigenvalue weighted by atomic mass is 19.1. The number of H-pyrrole nitrogens is 1. The van der Waals surface area contributed by atoms with E-state index in [-0.39, 0.29) is 24.2 Å². The lowest BCUT2D eigenvalue weighted by molar-refractivity contribution is -0.131. The molecule has 0 unspecified atom stereocenters. The third kappa shape index (κ3) is 3.47. The van der Waals surface area contributed by atoms with Gasteiger partial charge >= 0.3 is 6.09 Å². The zero-order valence-corrected chi connectivity index (χ0v) is 13.3. The van der Waals surface area contributed by atoms with E-state index >= 15 is 0 Å². The standard InChI is InChI=1S/C16H19FN4O3/c1-24-16(23)18-9-14(22)21-6-4-10(5-7-21)15-19-12-3-2-11(17)8-13(12)20-15/h2-3,8,10H,4-7,9H2,1H3,(H,18,23)(H,19,20). The third-order valence-electron chi connectivity index (χ3n) is 4.27. The van der Waals surface area contributed by atoms with Gasteiger partial charge in [-0.25, -0.2) is 14.2 Å². The third-order valence-corrected chi connectivity index (χ3v) is 4.27. The molecule has 3 rings (SSSR count). The maximum Gasteiger partial charge on any atom is 0.407 e. The fourth-order valence-corrected chi connectivity index (χ4v) is 2.93. The van der Waals surface area contributed by atoms with E-state index in [4.69, 9.17) is 0 Å². The molecule has 0 saturated carbocycles. The molecule has 0 atom stereocenters. The Hall–Kier alpha value is -2.64. The summed E-state index contributed by atoms with van der Waals surface area (Å²) in [6, 6.07) is 4.48. The van der Waals surface area contributed by atoms with Crippen LogP contribution in [0.1, 0.15) is 24.6 Å². The zero-order valence-electron chi connectivity index (χ0n) is 13.3. The molecule has 128 valence electrons. The minimum atomic E-state index is -0.618. The molecule has 24 heavy (non-hydrogen) atoms. The van der Waals surface area contributed by atoms with Gasteiger partial charge in [0.2, 0.25) is 5.91 Å². The van der Waals surface area contributed by atoms with Crippen molar-refractivity contribution in [3.63, 3.8) is 0 Å². The molecular weight excluding hydrogens is 315 g/mol. The number of aromatic amines is 1. The number of carbonyl (C=O) groups excluding carboxylic acids is 2. The Morgan fingerprint density at radius 3 is 2.88 bits per heavy atom. The van der Waals surface area contributed by atoms with Crippen molar-refractivity contribution >= 4 is 23.0 Å². The van der Waals surface area contributed by atoms with Gasteiger partial charge in [-0.1, -0.05) is 0 Å². The molecule has 2 aromatic rings. The second kappa shape index (κ2) is 6.86. The first-order valence-corrected chi connectivity index (χ1v) is 7.81. The van der Waals surface area contributed by atoms with Gasteiger partial charge in [-0.05, 0) is 31.0 Å². The summed E-state index contributed by atoms with van der Waals surface area (Å²) in [6.45, 7) is 1.12. The minimum Gasteiger partial charge on any atom is -0.453 e. The van der Waals surface area contributed by atoms with Crippen LogP contribution in [0.4, 0.5) is 9.18 Å². The van der Waals surface area contributed by atoms with E-state index in [1.807, 2.05) is 0 Å². The second-order valence-electron chi connectivity index (χ2n) is 5.78. The van der Waals surface area contributed by atoms with Gasteiger partial charge in [0.15, 0.2) is 0 Å². The average Bonchev–Trinajstić information content (AvgIpc) is 3.02. The zero-order chi connectivity index (χ0) is 17.1. The molecule has 1 aromatic heterocycles. The van der Waals surface area contributed by atoms with Crippen LogP contribution in [0.2, 0.25) is 0 Å². The Labute approximate surface area is 138 Å². The summed E-state index contributed by atoms with van der Waals surface area (Å²) >= 11 is 0. The van der Waals surface area contributed by atoms with E-state index in [9.17, 15) is 14.0 Å². The van der Waals surface area contributed by atoms with Crippen molar-refractivity contribution in [1.82, 2.24) is 20.2 Å². The number of piperidine rings is 1. The van der Waals surface area contributed by atoms with Crippen LogP contribution in [-0.2, 0) is 9.53 Å². The lowest BCUT2D eigenvalue weighted by atomic mass is 9.96. The number of nitrogens with zero attached hydrogens (tertiary/aromatic N) is 2. The molecule has 2 amide bonds. The normalized spacial score (nSPS) is 15.5. The number of methoxy groups -OCH3 is 1. The first-order valence-electron chi connectivity index (χ1n) is 7.81. The molecule has 1 aliphatic heterocycles. The van der Waals surface area contributed by atoms with Crippen LogP contribution in [0.25, 0.3) is 11.0 Å². The van der Waals surface area contributed by atoms with Gasteiger partial charge in [0.1, 0.15) is 18.2 Å². The summed E-state index contributed by atoms with van der Waals surface area (Å²) in [7, 11) is 1.25. The number of aromatic nitrogens is 2. The Morgan fingerprint density at radius 2 is 2.17 bits per heavy atom. The molecule has 1 saturated heterocycles. The predicted molar refractivity (Wildman–Crippen MR) is 85.0 cm³/mol. The van der Waals surface area contributed by atoms with Crippen molar-refractivity contribution < 1.29 is 18.7 Å². The highest BCUT2D eigenvalue weighted by Crippen LogP contribution is 2.27. The van der Waals surface area contributed by atoms with Crippen LogP contribution in [0.5, 0.6) is 0 Å². The van der Waals surface area contributed by atoms with Gasteiger partial charge < -0.3 is 19.9 Å². The maximum atomic E-state index is 13.3. The highest BCUT2D eigenvalue weighted by molar-refractivity contribution is 5.82. The van der Waals surface area contributed by atoms with Crippen LogP contribution in [0.3, 0.4) is 0 Å². The predicted octanol–water partition coefficient (Wildman–Crippen LogP) is 1.76. The Morgan fingerprint density at radius 1 is 1.42 bits per heavy atom. The first kappa shape index (κ1) is 16.2. The number of alkyl carbamates (subject to hydrolysis) is 1. The van der Waals surface area contributed by atoms with Crippen molar-refractivity contribution in [3.8, 4) is 0 Å². The number of carbonyl (C=O) groups is 2. The lowest BCUT2D eigenvalue weighted by Gasteiger charge is -2.31. The second-order valence-corrected chi connectivity index (χ2v) is 5.78. The number of hydrogen-bond donors (Lipinski definition) is 2. The van der Waals surface area contributed by atoms with Gasteiger partial charge in [-0.3, -0.25) is 4.79 Å². The Balaban J connectivity index is 1.57. The van der Waals surface area contributed by atoms with Crippen molar-refractivity contribution in [2.24, 2.45) is 0 Å². The number of fused-ring (bicyclic) bond motifs is 1. The van der Waals surface area contributed by atoms with E-state index in [1.54, 1.807) is 11.0 Å². The largest absolute Gasteiger partial charge is 0.453 e. The molecule has 2 heterocycles. The number of ether oxygens (including phenoxy) is 1. The summed E-state index contributed by atoms with van der Waals surface area (Å²) in [5.74, 6) is 0.607. The van der Waals surface area contributed by atoms with Gasteiger partial charge in [0.25, 0.3) is 0 Å². The highest BCUT2D eigenvalue weighted by Gasteiger charge is 2.25. The number of hydrogen-bond acceptors (Lipinski definition) is 4. The smallest absolute Gasteiger partial charge is 0.407 e. The molecule has 1 fully saturated rings. The van der Waals surface area contributed by atoms with Crippen LogP contribution in [-0.4, -0.2) is 53.6 Å². The first-order chi connectivity index (χ1) is 11.6. The van der Waals surface area contributed by atoms with Crippen LogP contribution >= 0.6 is 0 Å². The monoisotopic (exact) mass is 334 g/mol. The van der Waals surface area contributed by atoms with Crippen LogP contribution < -0.4 is 5.32 Å². The van der Waals surface area contributed by atoms with Crippen molar-refractivity contribution in [2.75, 3.05) is 26.7 Å². The summed E-state index contributed by atoms with van der Waals surface area (Å²) in [5, 5.41) is 2.39. The number of likely N-dealkylation sites (tertiary alicyclic amines) is 1. The van der Waals surface area contributed by atoms with E-state index in [0.717, 1.165) is 24.2 Å². The average molecular weight is 334 g/mol. The summed E-state index contributed by atoms with van der Waals surface area (Å²) in [6.07, 6.45) is 0.922. The van der Waals surface area contributed by atoms with E-state index in [1.165, 1.54) is 19.2 Å². The molecule has 0 bridgehead atoms. The van der Waals surface area contributed by atoms with Gasteiger partial charge in [0.05, 0.1) is 18.1 Å². The molecule has 8 heteroatoms. The molecule has 0 radical (unpaired) electrons. The molecule has 1 aromatic carbocycles. The van der Waals surface area contributed by atoms with Crippen molar-refractivity contribution in [1.29, 1.82) is 0 Å². The van der Waals surface area contributed by atoms with Crippen molar-refractivity contribution in [3.05, 3.63) is 29.8 Å². The molecule has 2 N–H and O–H groups in total. The molecule has 7 nitrogen and oxygen atoms in total. The number of rotatable bonds is 3. The van der Waals surface area contributed by atoms with E-state index < -0.39 is 6.09 Å². The van der Waals surface area contributed by atoms with Gasteiger partial charge in [-0.15, -0.1) is 0 Å². The van der Waals surface area contributed by atoms with Crippen molar-refractivity contribution in [2.45, 2.75) is 18.8 Å². The summed E-state index contributed by atoms with van der Waals surface area (Å²) in [4.78, 5) is 32.4. The van der Waals surface area contributed by atoms with Gasteiger partial charge in [-0.2, -0.15) is 0 Å². The number of benzene rings is 1. The lowest BCUT2D eigenvalue weighted by Crippen LogP contribution is -2.43. The van der Waals surface area contributed by atoms with Crippen LogP contribution in [0, 0.1) is 5.82 Å². The number of halogens is 1.